The minimum absolute atomic E-state index is 0.155. The third-order valence-electron chi connectivity index (χ3n) is 2.02. The van der Waals surface area contributed by atoms with Gasteiger partial charge in [0.05, 0.1) is 27.0 Å². The third-order valence-corrected chi connectivity index (χ3v) is 2.94. The average molecular weight is 291 g/mol. The molecule has 88 valence electrons. The number of amides is 1. The maximum Gasteiger partial charge on any atom is 0.275 e. The van der Waals surface area contributed by atoms with Crippen molar-refractivity contribution in [3.05, 3.63) is 45.2 Å². The van der Waals surface area contributed by atoms with E-state index in [4.69, 9.17) is 34.8 Å². The molecule has 0 aliphatic heterocycles. The van der Waals surface area contributed by atoms with Crippen molar-refractivity contribution in [2.24, 2.45) is 0 Å². The van der Waals surface area contributed by atoms with Gasteiger partial charge in [-0.05, 0) is 12.1 Å². The predicted octanol–water partition coefficient (Wildman–Crippen LogP) is 3.62. The van der Waals surface area contributed by atoms with Crippen LogP contribution in [0.3, 0.4) is 0 Å². The maximum atomic E-state index is 11.8. The molecule has 0 fully saturated rings. The number of rotatable bonds is 2. The third kappa shape index (κ3) is 2.54. The molecule has 0 saturated carbocycles. The summed E-state index contributed by atoms with van der Waals surface area (Å²) in [4.78, 5) is 11.8. The number of carbonyl (C=O) groups excluding carboxylic acids is 1. The molecule has 0 saturated heterocycles. The Hall–Kier alpha value is -1.23. The van der Waals surface area contributed by atoms with E-state index >= 15 is 0 Å². The fourth-order valence-electron chi connectivity index (χ4n) is 1.22. The number of H-pyrrole nitrogens is 1. The Bertz CT molecular complexity index is 547. The van der Waals surface area contributed by atoms with Crippen molar-refractivity contribution in [1.29, 1.82) is 0 Å². The van der Waals surface area contributed by atoms with Gasteiger partial charge >= 0.3 is 0 Å². The molecule has 1 aromatic heterocycles. The Morgan fingerprint density at radius 1 is 1.18 bits per heavy atom. The van der Waals surface area contributed by atoms with E-state index in [2.05, 4.69) is 15.5 Å². The Morgan fingerprint density at radius 2 is 1.82 bits per heavy atom. The second-order valence-electron chi connectivity index (χ2n) is 3.14. The first-order valence-corrected chi connectivity index (χ1v) is 5.67. The van der Waals surface area contributed by atoms with Crippen molar-refractivity contribution in [1.82, 2.24) is 10.2 Å². The van der Waals surface area contributed by atoms with Crippen molar-refractivity contribution >= 4 is 46.4 Å². The van der Waals surface area contributed by atoms with E-state index in [9.17, 15) is 4.79 Å². The largest absolute Gasteiger partial charge is 0.318 e. The number of hydrogen-bond donors (Lipinski definition) is 2. The minimum Gasteiger partial charge on any atom is -0.318 e. The van der Waals surface area contributed by atoms with Gasteiger partial charge in [-0.3, -0.25) is 9.89 Å². The average Bonchev–Trinajstić information content (AvgIpc) is 2.70. The van der Waals surface area contributed by atoms with E-state index < -0.39 is 5.91 Å². The number of nitrogens with zero attached hydrogens (tertiary/aromatic N) is 1. The summed E-state index contributed by atoms with van der Waals surface area (Å²) in [6.45, 7) is 0. The number of aromatic amines is 1. The monoisotopic (exact) mass is 289 g/mol. The second kappa shape index (κ2) is 4.96. The van der Waals surface area contributed by atoms with Crippen LogP contribution in [0.1, 0.15) is 10.5 Å². The first-order chi connectivity index (χ1) is 8.09. The first kappa shape index (κ1) is 12.2. The summed E-state index contributed by atoms with van der Waals surface area (Å²) in [5, 5.41) is 9.62. The fourth-order valence-corrected chi connectivity index (χ4v) is 1.89. The highest BCUT2D eigenvalue weighted by atomic mass is 35.5. The molecule has 1 aromatic carbocycles. The van der Waals surface area contributed by atoms with Crippen molar-refractivity contribution in [3.63, 3.8) is 0 Å². The standard InChI is InChI=1S/C10H6Cl3N3O/c11-5-2-1-3-6(12)8(5)15-10(17)9-7(13)4-14-16-9/h1-4H,(H,14,16)(H,15,17). The van der Waals surface area contributed by atoms with Gasteiger partial charge < -0.3 is 5.32 Å². The lowest BCUT2D eigenvalue weighted by molar-refractivity contribution is 0.102. The van der Waals surface area contributed by atoms with Crippen LogP contribution in [0.25, 0.3) is 0 Å². The smallest absolute Gasteiger partial charge is 0.275 e. The van der Waals surface area contributed by atoms with E-state index in [0.717, 1.165) is 0 Å². The highest BCUT2D eigenvalue weighted by Crippen LogP contribution is 2.30. The Kier molecular flexibility index (Phi) is 3.57. The molecule has 0 aliphatic carbocycles. The second-order valence-corrected chi connectivity index (χ2v) is 4.37. The van der Waals surface area contributed by atoms with Crippen molar-refractivity contribution in [3.8, 4) is 0 Å². The molecule has 0 atom stereocenters. The van der Waals surface area contributed by atoms with Gasteiger partial charge in [0.2, 0.25) is 0 Å². The molecule has 1 amide bonds. The van der Waals surface area contributed by atoms with Gasteiger partial charge in [0, 0.05) is 0 Å². The molecule has 7 heteroatoms. The number of benzene rings is 1. The van der Waals surface area contributed by atoms with Crippen LogP contribution in [0, 0.1) is 0 Å². The molecule has 4 nitrogen and oxygen atoms in total. The first-order valence-electron chi connectivity index (χ1n) is 4.54. The van der Waals surface area contributed by atoms with Crippen LogP contribution in [0.5, 0.6) is 0 Å². The van der Waals surface area contributed by atoms with Crippen LogP contribution in [-0.2, 0) is 0 Å². The summed E-state index contributed by atoms with van der Waals surface area (Å²) in [6.07, 6.45) is 1.34. The minimum atomic E-state index is -0.456. The summed E-state index contributed by atoms with van der Waals surface area (Å²) < 4.78 is 0. The molecule has 0 aliphatic rings. The van der Waals surface area contributed by atoms with Crippen LogP contribution in [0.15, 0.2) is 24.4 Å². The molecule has 0 radical (unpaired) electrons. The van der Waals surface area contributed by atoms with Crippen molar-refractivity contribution in [2.75, 3.05) is 5.32 Å². The number of carbonyl (C=O) groups is 1. The summed E-state index contributed by atoms with van der Waals surface area (Å²) in [5.74, 6) is -0.456. The van der Waals surface area contributed by atoms with Gasteiger partial charge in [0.25, 0.3) is 5.91 Å². The van der Waals surface area contributed by atoms with E-state index in [1.807, 2.05) is 0 Å². The number of hydrogen-bond acceptors (Lipinski definition) is 2. The lowest BCUT2D eigenvalue weighted by Gasteiger charge is -2.07. The van der Waals surface area contributed by atoms with Gasteiger partial charge in [-0.2, -0.15) is 5.10 Å². The fraction of sp³-hybridized carbons (Fsp3) is 0. The molecular formula is C10H6Cl3N3O. The SMILES string of the molecule is O=C(Nc1c(Cl)cccc1Cl)c1[nH]ncc1Cl. The van der Waals surface area contributed by atoms with Gasteiger partial charge in [-0.15, -0.1) is 0 Å². The molecule has 2 rings (SSSR count). The van der Waals surface area contributed by atoms with Crippen molar-refractivity contribution < 1.29 is 4.79 Å². The molecular weight excluding hydrogens is 284 g/mol. The summed E-state index contributed by atoms with van der Waals surface area (Å²) >= 11 is 17.6. The van der Waals surface area contributed by atoms with Crippen LogP contribution in [0.2, 0.25) is 15.1 Å². The zero-order valence-electron chi connectivity index (χ0n) is 8.30. The van der Waals surface area contributed by atoms with E-state index in [1.165, 1.54) is 6.20 Å². The zero-order valence-corrected chi connectivity index (χ0v) is 10.6. The Balaban J connectivity index is 2.28. The Morgan fingerprint density at radius 3 is 2.35 bits per heavy atom. The number of anilines is 1. The number of aromatic nitrogens is 2. The van der Waals surface area contributed by atoms with Crippen LogP contribution >= 0.6 is 34.8 Å². The van der Waals surface area contributed by atoms with Crippen molar-refractivity contribution in [2.45, 2.75) is 0 Å². The van der Waals surface area contributed by atoms with E-state index in [0.29, 0.717) is 15.7 Å². The Labute approximate surface area is 112 Å². The molecule has 2 N–H and O–H groups in total. The van der Waals surface area contributed by atoms with Gasteiger partial charge in [0.1, 0.15) is 5.69 Å². The molecule has 1 heterocycles. The lowest BCUT2D eigenvalue weighted by Crippen LogP contribution is -2.13. The topological polar surface area (TPSA) is 57.8 Å². The van der Waals surface area contributed by atoms with Crippen LogP contribution < -0.4 is 5.32 Å². The normalized spacial score (nSPS) is 10.3. The molecule has 0 bridgehead atoms. The maximum absolute atomic E-state index is 11.8. The molecule has 0 unspecified atom stereocenters. The van der Waals surface area contributed by atoms with E-state index in [1.54, 1.807) is 18.2 Å². The highest BCUT2D eigenvalue weighted by Gasteiger charge is 2.15. The highest BCUT2D eigenvalue weighted by molar-refractivity contribution is 6.40. The predicted molar refractivity (Wildman–Crippen MR) is 68.0 cm³/mol. The van der Waals surface area contributed by atoms with Crippen LogP contribution in [-0.4, -0.2) is 16.1 Å². The number of nitrogens with one attached hydrogen (secondary N) is 2. The van der Waals surface area contributed by atoms with Gasteiger partial charge in [0.15, 0.2) is 0 Å². The molecule has 0 spiro atoms. The van der Waals surface area contributed by atoms with Crippen LogP contribution in [0.4, 0.5) is 5.69 Å². The zero-order chi connectivity index (χ0) is 12.4. The quantitative estimate of drug-likeness (QED) is 0.887. The summed E-state index contributed by atoms with van der Waals surface area (Å²) in [7, 11) is 0. The van der Waals surface area contributed by atoms with E-state index in [-0.39, 0.29) is 10.7 Å². The molecule has 2 aromatic rings. The summed E-state index contributed by atoms with van der Waals surface area (Å²) in [5.41, 5.74) is 0.495. The summed E-state index contributed by atoms with van der Waals surface area (Å²) in [6, 6.07) is 4.93. The van der Waals surface area contributed by atoms with Gasteiger partial charge in [-0.25, -0.2) is 0 Å². The number of halogens is 3. The lowest BCUT2D eigenvalue weighted by atomic mass is 10.3. The number of para-hydroxylation sites is 1. The van der Waals surface area contributed by atoms with Gasteiger partial charge in [-0.1, -0.05) is 40.9 Å². The molecule has 17 heavy (non-hydrogen) atoms.